The second-order valence-electron chi connectivity index (χ2n) is 5.01. The maximum atomic E-state index is 4.56. The van der Waals surface area contributed by atoms with E-state index in [9.17, 15) is 0 Å². The van der Waals surface area contributed by atoms with Crippen LogP contribution >= 0.6 is 0 Å². The van der Waals surface area contributed by atoms with Crippen LogP contribution in [0.4, 0.5) is 0 Å². The third kappa shape index (κ3) is 2.30. The molecule has 0 radical (unpaired) electrons. The van der Waals surface area contributed by atoms with Crippen LogP contribution in [0.5, 0.6) is 0 Å². The summed E-state index contributed by atoms with van der Waals surface area (Å²) in [5.41, 5.74) is 4.75. The van der Waals surface area contributed by atoms with Crippen LogP contribution in [0.1, 0.15) is 18.5 Å². The van der Waals surface area contributed by atoms with E-state index < -0.39 is 0 Å². The van der Waals surface area contributed by atoms with Crippen LogP contribution in [-0.4, -0.2) is 12.0 Å². The van der Waals surface area contributed by atoms with Gasteiger partial charge in [0.05, 0.1) is 5.52 Å². The first-order chi connectivity index (χ1) is 9.79. The lowest BCUT2D eigenvalue weighted by Gasteiger charge is -2.16. The summed E-state index contributed by atoms with van der Waals surface area (Å²) in [5.74, 6) is 0. The number of para-hydroxylation sites is 1. The Balaban J connectivity index is 2.15. The maximum Gasteiger partial charge on any atom is 0.0702 e. The molecule has 100 valence electrons. The number of rotatable bonds is 3. The molecule has 2 nitrogen and oxygen atoms in total. The summed E-state index contributed by atoms with van der Waals surface area (Å²) in [7, 11) is 1.99. The van der Waals surface area contributed by atoms with Crippen LogP contribution in [0.2, 0.25) is 0 Å². The molecule has 0 fully saturated rings. The van der Waals surface area contributed by atoms with Crippen molar-refractivity contribution in [3.8, 4) is 11.1 Å². The average Bonchev–Trinajstić information content (AvgIpc) is 2.53. The van der Waals surface area contributed by atoms with E-state index in [0.29, 0.717) is 6.04 Å². The minimum absolute atomic E-state index is 0.317. The fourth-order valence-electron chi connectivity index (χ4n) is 2.51. The van der Waals surface area contributed by atoms with Crippen molar-refractivity contribution in [1.82, 2.24) is 10.3 Å². The minimum Gasteiger partial charge on any atom is -0.313 e. The highest BCUT2D eigenvalue weighted by molar-refractivity contribution is 5.84. The van der Waals surface area contributed by atoms with E-state index in [1.54, 1.807) is 0 Å². The van der Waals surface area contributed by atoms with Crippen molar-refractivity contribution in [2.24, 2.45) is 0 Å². The summed E-state index contributed by atoms with van der Waals surface area (Å²) in [6.07, 6.45) is 1.96. The highest BCUT2D eigenvalue weighted by Crippen LogP contribution is 2.29. The van der Waals surface area contributed by atoms with Gasteiger partial charge in [-0.05, 0) is 37.2 Å². The average molecular weight is 262 g/mol. The smallest absolute Gasteiger partial charge is 0.0702 e. The van der Waals surface area contributed by atoms with Gasteiger partial charge in [0.25, 0.3) is 0 Å². The molecular weight excluding hydrogens is 244 g/mol. The van der Waals surface area contributed by atoms with Crippen LogP contribution in [0, 0.1) is 0 Å². The van der Waals surface area contributed by atoms with E-state index in [1.165, 1.54) is 22.1 Å². The number of aromatic nitrogens is 1. The summed E-state index contributed by atoms with van der Waals surface area (Å²) >= 11 is 0. The molecule has 1 unspecified atom stereocenters. The van der Waals surface area contributed by atoms with Crippen molar-refractivity contribution in [1.29, 1.82) is 0 Å². The Kier molecular flexibility index (Phi) is 3.48. The van der Waals surface area contributed by atoms with Gasteiger partial charge in [-0.25, -0.2) is 0 Å². The molecule has 20 heavy (non-hydrogen) atoms. The van der Waals surface area contributed by atoms with Gasteiger partial charge in [-0.15, -0.1) is 0 Å². The molecule has 0 aliphatic rings. The van der Waals surface area contributed by atoms with Crippen LogP contribution in [0.15, 0.2) is 60.8 Å². The molecule has 1 atom stereocenters. The number of fused-ring (bicyclic) bond motifs is 1. The fourth-order valence-corrected chi connectivity index (χ4v) is 2.51. The molecule has 0 aliphatic carbocycles. The first-order valence-electron chi connectivity index (χ1n) is 6.91. The molecule has 0 spiro atoms. The van der Waals surface area contributed by atoms with Crippen molar-refractivity contribution in [2.75, 3.05) is 7.05 Å². The van der Waals surface area contributed by atoms with E-state index in [-0.39, 0.29) is 0 Å². The first-order valence-corrected chi connectivity index (χ1v) is 6.91. The summed E-state index contributed by atoms with van der Waals surface area (Å²) < 4.78 is 0. The number of pyridine rings is 1. The van der Waals surface area contributed by atoms with Crippen LogP contribution in [0.3, 0.4) is 0 Å². The zero-order valence-corrected chi connectivity index (χ0v) is 11.8. The highest BCUT2D eigenvalue weighted by atomic mass is 14.9. The van der Waals surface area contributed by atoms with E-state index in [0.717, 1.165) is 5.52 Å². The molecule has 0 amide bonds. The Hall–Kier alpha value is -2.19. The number of benzene rings is 2. The van der Waals surface area contributed by atoms with Gasteiger partial charge in [0.2, 0.25) is 0 Å². The van der Waals surface area contributed by atoms with Crippen LogP contribution in [-0.2, 0) is 0 Å². The van der Waals surface area contributed by atoms with E-state index >= 15 is 0 Å². The Labute approximate surface area is 119 Å². The topological polar surface area (TPSA) is 24.9 Å². The lowest BCUT2D eigenvalue weighted by atomic mass is 9.96. The van der Waals surface area contributed by atoms with Gasteiger partial charge in [0.15, 0.2) is 0 Å². The molecule has 1 heterocycles. The lowest BCUT2D eigenvalue weighted by Crippen LogP contribution is -2.13. The Morgan fingerprint density at radius 3 is 2.60 bits per heavy atom. The second-order valence-corrected chi connectivity index (χ2v) is 5.01. The van der Waals surface area contributed by atoms with Gasteiger partial charge in [-0.3, -0.25) is 4.98 Å². The summed E-state index contributed by atoms with van der Waals surface area (Å²) in [5, 5.41) is 4.49. The summed E-state index contributed by atoms with van der Waals surface area (Å²) in [6.45, 7) is 2.17. The van der Waals surface area contributed by atoms with Crippen molar-refractivity contribution in [3.63, 3.8) is 0 Å². The predicted octanol–water partition coefficient (Wildman–Crippen LogP) is 4.18. The normalized spacial score (nSPS) is 12.5. The molecule has 3 aromatic rings. The third-order valence-corrected chi connectivity index (χ3v) is 3.76. The van der Waals surface area contributed by atoms with Gasteiger partial charge in [0, 0.05) is 23.2 Å². The van der Waals surface area contributed by atoms with Gasteiger partial charge < -0.3 is 5.32 Å². The molecule has 0 bridgehead atoms. The zero-order valence-electron chi connectivity index (χ0n) is 11.8. The molecular formula is C18H18N2. The number of hydrogen-bond acceptors (Lipinski definition) is 2. The number of nitrogens with zero attached hydrogens (tertiary/aromatic N) is 1. The predicted molar refractivity (Wildman–Crippen MR) is 84.7 cm³/mol. The molecule has 0 aliphatic heterocycles. The van der Waals surface area contributed by atoms with Gasteiger partial charge in [-0.2, -0.15) is 0 Å². The van der Waals surface area contributed by atoms with Crippen LogP contribution < -0.4 is 5.32 Å². The molecule has 0 saturated carbocycles. The standard InChI is InChI=1S/C18H18N2/c1-13(19-2)16-8-4-5-9-17(16)15-11-14-7-3-6-10-18(14)20-12-15/h3-13,19H,1-2H3. The molecule has 2 heteroatoms. The summed E-state index contributed by atoms with van der Waals surface area (Å²) in [6, 6.07) is 19.2. The zero-order chi connectivity index (χ0) is 13.9. The molecule has 2 aromatic carbocycles. The van der Waals surface area contributed by atoms with E-state index in [2.05, 4.69) is 59.7 Å². The lowest BCUT2D eigenvalue weighted by molar-refractivity contribution is 0.654. The van der Waals surface area contributed by atoms with Gasteiger partial charge >= 0.3 is 0 Å². The quantitative estimate of drug-likeness (QED) is 0.766. The number of hydrogen-bond donors (Lipinski definition) is 1. The van der Waals surface area contributed by atoms with Crippen molar-refractivity contribution in [3.05, 3.63) is 66.4 Å². The van der Waals surface area contributed by atoms with Crippen molar-refractivity contribution < 1.29 is 0 Å². The maximum absolute atomic E-state index is 4.56. The number of nitrogens with one attached hydrogen (secondary N) is 1. The molecule has 0 saturated heterocycles. The fraction of sp³-hybridized carbons (Fsp3) is 0.167. The third-order valence-electron chi connectivity index (χ3n) is 3.76. The monoisotopic (exact) mass is 262 g/mol. The highest BCUT2D eigenvalue weighted by Gasteiger charge is 2.10. The largest absolute Gasteiger partial charge is 0.313 e. The van der Waals surface area contributed by atoms with Crippen molar-refractivity contribution >= 4 is 10.9 Å². The molecule has 1 N–H and O–H groups in total. The van der Waals surface area contributed by atoms with E-state index in [1.807, 2.05) is 25.4 Å². The second kappa shape index (κ2) is 5.43. The SMILES string of the molecule is CNC(C)c1ccccc1-c1cnc2ccccc2c1. The van der Waals surface area contributed by atoms with Gasteiger partial charge in [-0.1, -0.05) is 42.5 Å². The Morgan fingerprint density at radius 1 is 1.00 bits per heavy atom. The Bertz CT molecular complexity index is 734. The Morgan fingerprint density at radius 2 is 1.75 bits per heavy atom. The summed E-state index contributed by atoms with van der Waals surface area (Å²) in [4.78, 5) is 4.56. The van der Waals surface area contributed by atoms with Crippen molar-refractivity contribution in [2.45, 2.75) is 13.0 Å². The molecule has 3 rings (SSSR count). The van der Waals surface area contributed by atoms with Gasteiger partial charge in [0.1, 0.15) is 0 Å². The minimum atomic E-state index is 0.317. The molecule has 1 aromatic heterocycles. The first kappa shape index (κ1) is 12.8. The van der Waals surface area contributed by atoms with E-state index in [4.69, 9.17) is 0 Å². The van der Waals surface area contributed by atoms with Crippen LogP contribution in [0.25, 0.3) is 22.0 Å².